The summed E-state index contributed by atoms with van der Waals surface area (Å²) in [6.07, 6.45) is 0.678. The van der Waals surface area contributed by atoms with Crippen LogP contribution in [-0.2, 0) is 6.42 Å². The zero-order valence-electron chi connectivity index (χ0n) is 15.8. The molecule has 144 valence electrons. The van der Waals surface area contributed by atoms with Gasteiger partial charge in [-0.3, -0.25) is 4.90 Å². The summed E-state index contributed by atoms with van der Waals surface area (Å²) in [6, 6.07) is 10.6. The van der Waals surface area contributed by atoms with E-state index in [9.17, 15) is 9.18 Å². The Morgan fingerprint density at radius 1 is 1.15 bits per heavy atom. The first kappa shape index (κ1) is 19.6. The predicted molar refractivity (Wildman–Crippen MR) is 108 cm³/mol. The minimum Gasteiger partial charge on any atom is -0.322 e. The lowest BCUT2D eigenvalue weighted by molar-refractivity contribution is 0.148. The zero-order valence-corrected chi connectivity index (χ0v) is 16.5. The topological polar surface area (TPSA) is 35.6 Å². The molecular formula is C21H25ClFN3O. The molecule has 0 aliphatic carbocycles. The molecule has 0 radical (unpaired) electrons. The molecule has 27 heavy (non-hydrogen) atoms. The second kappa shape index (κ2) is 8.72. The van der Waals surface area contributed by atoms with Crippen molar-refractivity contribution in [2.24, 2.45) is 0 Å². The quantitative estimate of drug-likeness (QED) is 0.836. The highest BCUT2D eigenvalue weighted by Gasteiger charge is 2.22. The van der Waals surface area contributed by atoms with Crippen LogP contribution in [0.15, 0.2) is 36.4 Å². The van der Waals surface area contributed by atoms with Crippen LogP contribution in [0.4, 0.5) is 14.9 Å². The molecule has 1 aliphatic rings. The number of carbonyl (C=O) groups is 1. The van der Waals surface area contributed by atoms with Crippen LogP contribution in [0.5, 0.6) is 0 Å². The van der Waals surface area contributed by atoms with Crippen molar-refractivity contribution in [1.29, 1.82) is 0 Å². The van der Waals surface area contributed by atoms with E-state index < -0.39 is 0 Å². The van der Waals surface area contributed by atoms with Crippen LogP contribution >= 0.6 is 11.6 Å². The largest absolute Gasteiger partial charge is 0.322 e. The van der Waals surface area contributed by atoms with Gasteiger partial charge in [-0.25, -0.2) is 9.18 Å². The number of urea groups is 1. The molecule has 1 aliphatic heterocycles. The maximum absolute atomic E-state index is 13.7. The molecule has 4 nitrogen and oxygen atoms in total. The van der Waals surface area contributed by atoms with Crippen molar-refractivity contribution in [3.63, 3.8) is 0 Å². The second-order valence-electron chi connectivity index (χ2n) is 7.04. The van der Waals surface area contributed by atoms with Gasteiger partial charge in [-0.05, 0) is 49.1 Å². The summed E-state index contributed by atoms with van der Waals surface area (Å²) in [5.74, 6) is -0.152. The average molecular weight is 390 g/mol. The van der Waals surface area contributed by atoms with E-state index in [2.05, 4.69) is 10.2 Å². The van der Waals surface area contributed by atoms with Gasteiger partial charge in [0.15, 0.2) is 0 Å². The van der Waals surface area contributed by atoms with Gasteiger partial charge in [0.05, 0.1) is 10.7 Å². The van der Waals surface area contributed by atoms with Gasteiger partial charge >= 0.3 is 6.03 Å². The maximum atomic E-state index is 13.7. The molecule has 1 N–H and O–H groups in total. The number of halogens is 2. The summed E-state index contributed by atoms with van der Waals surface area (Å²) >= 11 is 6.28. The van der Waals surface area contributed by atoms with Crippen LogP contribution in [0, 0.1) is 19.7 Å². The summed E-state index contributed by atoms with van der Waals surface area (Å²) in [6.45, 7) is 7.56. The third kappa shape index (κ3) is 4.99. The molecule has 0 bridgehead atoms. The summed E-state index contributed by atoms with van der Waals surface area (Å²) in [5.41, 5.74) is 3.44. The number of rotatable bonds is 4. The molecular weight excluding hydrogens is 365 g/mol. The monoisotopic (exact) mass is 389 g/mol. The molecule has 0 atom stereocenters. The molecule has 1 heterocycles. The van der Waals surface area contributed by atoms with E-state index in [1.807, 2.05) is 38.1 Å². The average Bonchev–Trinajstić information content (AvgIpc) is 2.64. The molecule has 3 rings (SSSR count). The van der Waals surface area contributed by atoms with Gasteiger partial charge in [-0.1, -0.05) is 35.9 Å². The van der Waals surface area contributed by atoms with E-state index >= 15 is 0 Å². The lowest BCUT2D eigenvalue weighted by atomic mass is 10.1. The van der Waals surface area contributed by atoms with E-state index in [-0.39, 0.29) is 11.8 Å². The number of benzene rings is 2. The number of aryl methyl sites for hydroxylation is 2. The van der Waals surface area contributed by atoms with Crippen molar-refractivity contribution >= 4 is 23.3 Å². The molecule has 2 aromatic carbocycles. The Labute approximate surface area is 164 Å². The van der Waals surface area contributed by atoms with Crippen LogP contribution in [0.25, 0.3) is 0 Å². The molecule has 0 aromatic heterocycles. The number of piperazine rings is 1. The van der Waals surface area contributed by atoms with Crippen molar-refractivity contribution in [1.82, 2.24) is 9.80 Å². The highest BCUT2D eigenvalue weighted by atomic mass is 35.5. The Balaban J connectivity index is 1.50. The third-order valence-corrected chi connectivity index (χ3v) is 5.28. The second-order valence-corrected chi connectivity index (χ2v) is 7.45. The highest BCUT2D eigenvalue weighted by molar-refractivity contribution is 6.34. The highest BCUT2D eigenvalue weighted by Crippen LogP contribution is 2.27. The minimum atomic E-state index is -0.152. The van der Waals surface area contributed by atoms with Crippen molar-refractivity contribution in [2.45, 2.75) is 20.3 Å². The Hall–Kier alpha value is -2.11. The number of anilines is 1. The first-order valence-electron chi connectivity index (χ1n) is 9.22. The van der Waals surface area contributed by atoms with E-state index in [1.165, 1.54) is 6.07 Å². The van der Waals surface area contributed by atoms with E-state index in [0.29, 0.717) is 30.2 Å². The van der Waals surface area contributed by atoms with Gasteiger partial charge in [-0.2, -0.15) is 0 Å². The first-order chi connectivity index (χ1) is 12.9. The SMILES string of the molecule is Cc1cc(C)c(NC(=O)N2CCN(CCc3ccccc3F)CC2)c(Cl)c1. The van der Waals surface area contributed by atoms with Gasteiger partial charge in [0.25, 0.3) is 0 Å². The van der Waals surface area contributed by atoms with Crippen molar-refractivity contribution in [3.8, 4) is 0 Å². The van der Waals surface area contributed by atoms with E-state index in [4.69, 9.17) is 11.6 Å². The predicted octanol–water partition coefficient (Wildman–Crippen LogP) is 4.49. The summed E-state index contributed by atoms with van der Waals surface area (Å²) < 4.78 is 13.7. The molecule has 2 amide bonds. The first-order valence-corrected chi connectivity index (χ1v) is 9.60. The molecule has 1 fully saturated rings. The van der Waals surface area contributed by atoms with E-state index in [1.54, 1.807) is 11.0 Å². The molecule has 0 saturated carbocycles. The Morgan fingerprint density at radius 3 is 2.52 bits per heavy atom. The fourth-order valence-electron chi connectivity index (χ4n) is 3.41. The summed E-state index contributed by atoms with van der Waals surface area (Å²) in [7, 11) is 0. The summed E-state index contributed by atoms with van der Waals surface area (Å²) in [4.78, 5) is 16.6. The Bertz CT molecular complexity index is 796. The molecule has 0 spiro atoms. The molecule has 6 heteroatoms. The van der Waals surface area contributed by atoms with Gasteiger partial charge in [0.2, 0.25) is 0 Å². The fourth-order valence-corrected chi connectivity index (χ4v) is 3.78. The minimum absolute atomic E-state index is 0.127. The van der Waals surface area contributed by atoms with Crippen LogP contribution in [0.2, 0.25) is 5.02 Å². The summed E-state index contributed by atoms with van der Waals surface area (Å²) in [5, 5.41) is 3.50. The fraction of sp³-hybridized carbons (Fsp3) is 0.381. The Morgan fingerprint density at radius 2 is 1.85 bits per heavy atom. The van der Waals surface area contributed by atoms with Crippen molar-refractivity contribution in [2.75, 3.05) is 38.0 Å². The van der Waals surface area contributed by atoms with Gasteiger partial charge in [0, 0.05) is 32.7 Å². The van der Waals surface area contributed by atoms with Gasteiger partial charge < -0.3 is 10.2 Å². The maximum Gasteiger partial charge on any atom is 0.321 e. The number of nitrogens with zero attached hydrogens (tertiary/aromatic N) is 2. The third-order valence-electron chi connectivity index (χ3n) is 4.98. The Kier molecular flexibility index (Phi) is 6.34. The van der Waals surface area contributed by atoms with Crippen molar-refractivity contribution in [3.05, 3.63) is 63.9 Å². The van der Waals surface area contributed by atoms with Crippen LogP contribution in [-0.4, -0.2) is 48.6 Å². The van der Waals surface area contributed by atoms with Crippen LogP contribution in [0.1, 0.15) is 16.7 Å². The number of hydrogen-bond donors (Lipinski definition) is 1. The lowest BCUT2D eigenvalue weighted by Crippen LogP contribution is -2.50. The van der Waals surface area contributed by atoms with Gasteiger partial charge in [0.1, 0.15) is 5.82 Å². The van der Waals surface area contributed by atoms with Crippen LogP contribution in [0.3, 0.4) is 0 Å². The zero-order chi connectivity index (χ0) is 19.4. The normalized spacial score (nSPS) is 15.0. The number of carbonyl (C=O) groups excluding carboxylic acids is 1. The van der Waals surface area contributed by atoms with Gasteiger partial charge in [-0.15, -0.1) is 0 Å². The lowest BCUT2D eigenvalue weighted by Gasteiger charge is -2.34. The standard InChI is InChI=1S/C21H25ClFN3O/c1-15-13-16(2)20(18(22)14-15)24-21(27)26-11-9-25(10-12-26)8-7-17-5-3-4-6-19(17)23/h3-6,13-14H,7-12H2,1-2H3,(H,24,27). The van der Waals surface area contributed by atoms with Crippen LogP contribution < -0.4 is 5.32 Å². The number of amides is 2. The smallest absolute Gasteiger partial charge is 0.321 e. The molecule has 1 saturated heterocycles. The van der Waals surface area contributed by atoms with Crippen molar-refractivity contribution < 1.29 is 9.18 Å². The molecule has 0 unspecified atom stereocenters. The number of hydrogen-bond acceptors (Lipinski definition) is 2. The van der Waals surface area contributed by atoms with E-state index in [0.717, 1.165) is 36.3 Å². The number of nitrogens with one attached hydrogen (secondary N) is 1. The molecule has 2 aromatic rings.